The molecule has 41 heavy (non-hydrogen) atoms. The van der Waals surface area contributed by atoms with E-state index in [0.29, 0.717) is 42.9 Å². The number of anilines is 2. The topological polar surface area (TPSA) is 123 Å². The van der Waals surface area contributed by atoms with Crippen LogP contribution in [0, 0.1) is 0 Å². The van der Waals surface area contributed by atoms with E-state index in [0.717, 1.165) is 16.8 Å². The van der Waals surface area contributed by atoms with E-state index in [1.807, 2.05) is 18.2 Å². The number of amides is 1. The first kappa shape index (κ1) is 27.8. The summed E-state index contributed by atoms with van der Waals surface area (Å²) in [5.41, 5.74) is 3.06. The zero-order valence-corrected chi connectivity index (χ0v) is 23.7. The molecule has 0 radical (unpaired) electrons. The van der Waals surface area contributed by atoms with Gasteiger partial charge in [0.1, 0.15) is 22.6 Å². The van der Waals surface area contributed by atoms with E-state index in [4.69, 9.17) is 18.7 Å². The van der Waals surface area contributed by atoms with Crippen molar-refractivity contribution in [3.05, 3.63) is 67.3 Å². The first-order valence-electron chi connectivity index (χ1n) is 12.8. The number of aromatic nitrogens is 1. The van der Waals surface area contributed by atoms with Gasteiger partial charge in [-0.1, -0.05) is 29.9 Å². The van der Waals surface area contributed by atoms with Crippen molar-refractivity contribution in [2.75, 3.05) is 57.1 Å². The molecule has 1 saturated heterocycles. The molecule has 1 aromatic heterocycles. The monoisotopic (exact) mass is 578 g/mol. The highest BCUT2D eigenvalue weighted by atomic mass is 32.2. The van der Waals surface area contributed by atoms with Crippen LogP contribution in [0.3, 0.4) is 0 Å². The average molecular weight is 579 g/mol. The third-order valence-corrected chi connectivity index (χ3v) is 8.35. The molecule has 11 nitrogen and oxygen atoms in total. The average Bonchev–Trinajstić information content (AvgIpc) is 3.41. The molecule has 2 heterocycles. The fraction of sp³-hybridized carbons (Fsp3) is 0.241. The first-order valence-corrected chi connectivity index (χ1v) is 14.3. The number of methoxy groups -OCH3 is 3. The lowest BCUT2D eigenvalue weighted by atomic mass is 10.0. The van der Waals surface area contributed by atoms with Gasteiger partial charge in [0.05, 0.1) is 21.3 Å². The molecule has 0 bridgehead atoms. The maximum atomic E-state index is 13.4. The molecule has 1 amide bonds. The second kappa shape index (κ2) is 11.4. The molecular weight excluding hydrogens is 548 g/mol. The fourth-order valence-corrected chi connectivity index (χ4v) is 6.22. The smallest absolute Gasteiger partial charge is 0.270 e. The normalized spacial score (nSPS) is 13.6. The molecule has 0 aliphatic carbocycles. The van der Waals surface area contributed by atoms with Crippen LogP contribution in [0.4, 0.5) is 11.5 Å². The van der Waals surface area contributed by atoms with Gasteiger partial charge in [-0.05, 0) is 53.6 Å². The van der Waals surface area contributed by atoms with Crippen LogP contribution in [-0.4, -0.2) is 71.9 Å². The number of nitrogens with one attached hydrogen (secondary N) is 1. The number of rotatable bonds is 9. The van der Waals surface area contributed by atoms with E-state index in [-0.39, 0.29) is 28.1 Å². The number of piperazine rings is 1. The minimum absolute atomic E-state index is 0.0305. The van der Waals surface area contributed by atoms with Gasteiger partial charge in [0.25, 0.3) is 10.0 Å². The number of hydrogen-bond acceptors (Lipinski definition) is 9. The Bertz CT molecular complexity index is 1690. The van der Waals surface area contributed by atoms with Crippen LogP contribution in [0.2, 0.25) is 0 Å². The molecule has 1 aliphatic heterocycles. The highest BCUT2D eigenvalue weighted by molar-refractivity contribution is 7.93. The van der Waals surface area contributed by atoms with Crippen LogP contribution >= 0.6 is 0 Å². The zero-order chi connectivity index (χ0) is 29.1. The molecule has 0 unspecified atom stereocenters. The SMILES string of the molecule is C=CC(=O)N1CCN(c2cccc(-c3cc(OC)c4c(NS(=O)(=O)c5c(OC)cccc5OC)noc4c3)c2)CC1. The summed E-state index contributed by atoms with van der Waals surface area (Å²) in [5, 5.41) is 4.37. The summed E-state index contributed by atoms with van der Waals surface area (Å²) in [5.74, 6) is 0.525. The lowest BCUT2D eigenvalue weighted by Crippen LogP contribution is -2.48. The van der Waals surface area contributed by atoms with E-state index in [2.05, 4.69) is 27.4 Å². The number of carbonyl (C=O) groups excluding carboxylic acids is 1. The predicted molar refractivity (Wildman–Crippen MR) is 155 cm³/mol. The predicted octanol–water partition coefficient (Wildman–Crippen LogP) is 4.16. The number of benzene rings is 3. The van der Waals surface area contributed by atoms with Crippen molar-refractivity contribution < 1.29 is 31.9 Å². The van der Waals surface area contributed by atoms with Crippen LogP contribution in [0.5, 0.6) is 17.2 Å². The molecule has 3 aromatic carbocycles. The molecule has 1 fully saturated rings. The van der Waals surface area contributed by atoms with Crippen molar-refractivity contribution in [1.82, 2.24) is 10.1 Å². The number of carbonyl (C=O) groups is 1. The molecular formula is C29H30N4O7S. The summed E-state index contributed by atoms with van der Waals surface area (Å²) < 4.78 is 51.1. The van der Waals surface area contributed by atoms with Crippen molar-refractivity contribution in [2.24, 2.45) is 0 Å². The van der Waals surface area contributed by atoms with Gasteiger partial charge in [-0.2, -0.15) is 0 Å². The van der Waals surface area contributed by atoms with Crippen LogP contribution in [0.1, 0.15) is 0 Å². The van der Waals surface area contributed by atoms with E-state index in [1.165, 1.54) is 39.5 Å². The molecule has 1 N–H and O–H groups in total. The second-order valence-corrected chi connectivity index (χ2v) is 10.9. The molecule has 4 aromatic rings. The number of fused-ring (bicyclic) bond motifs is 1. The first-order chi connectivity index (χ1) is 19.8. The van der Waals surface area contributed by atoms with Crippen molar-refractivity contribution in [3.63, 3.8) is 0 Å². The highest BCUT2D eigenvalue weighted by Crippen LogP contribution is 2.40. The van der Waals surface area contributed by atoms with Crippen LogP contribution in [0.15, 0.2) is 76.7 Å². The van der Waals surface area contributed by atoms with Gasteiger partial charge < -0.3 is 28.5 Å². The Morgan fingerprint density at radius 3 is 2.22 bits per heavy atom. The Labute approximate surface area is 237 Å². The summed E-state index contributed by atoms with van der Waals surface area (Å²) >= 11 is 0. The number of nitrogens with zero attached hydrogens (tertiary/aromatic N) is 3. The third kappa shape index (κ3) is 5.38. The van der Waals surface area contributed by atoms with E-state index < -0.39 is 10.0 Å². The maximum Gasteiger partial charge on any atom is 0.270 e. The summed E-state index contributed by atoms with van der Waals surface area (Å²) in [7, 11) is 0.0586. The van der Waals surface area contributed by atoms with Crippen molar-refractivity contribution in [3.8, 4) is 28.4 Å². The van der Waals surface area contributed by atoms with Crippen LogP contribution in [-0.2, 0) is 14.8 Å². The van der Waals surface area contributed by atoms with Crippen molar-refractivity contribution in [2.45, 2.75) is 4.90 Å². The fourth-order valence-electron chi connectivity index (χ4n) is 4.89. The zero-order valence-electron chi connectivity index (χ0n) is 22.9. The Morgan fingerprint density at radius 1 is 0.927 bits per heavy atom. The summed E-state index contributed by atoms with van der Waals surface area (Å²) in [4.78, 5) is 15.8. The Morgan fingerprint density at radius 2 is 1.59 bits per heavy atom. The molecule has 214 valence electrons. The van der Waals surface area contributed by atoms with Gasteiger partial charge in [-0.25, -0.2) is 8.42 Å². The summed E-state index contributed by atoms with van der Waals surface area (Å²) in [6, 6.07) is 16.3. The molecule has 0 atom stereocenters. The van der Waals surface area contributed by atoms with Gasteiger partial charge in [0.15, 0.2) is 16.3 Å². The van der Waals surface area contributed by atoms with Gasteiger partial charge in [0.2, 0.25) is 5.91 Å². The molecule has 12 heteroatoms. The highest BCUT2D eigenvalue weighted by Gasteiger charge is 2.28. The molecule has 0 spiro atoms. The standard InChI is InChI=1S/C29H30N4O7S/c1-5-26(34)33-14-12-32(13-15-33)21-9-6-8-19(16-21)20-17-24(39-4)27-25(18-20)40-30-29(27)31-41(35,36)28-22(37-2)10-7-11-23(28)38-3/h5-11,16-18H,1,12-15H2,2-4H3,(H,30,31). The summed E-state index contributed by atoms with van der Waals surface area (Å²) in [6.07, 6.45) is 1.34. The Balaban J connectivity index is 1.46. The van der Waals surface area contributed by atoms with Crippen LogP contribution < -0.4 is 23.8 Å². The van der Waals surface area contributed by atoms with Gasteiger partial charge in [-0.15, -0.1) is 0 Å². The van der Waals surface area contributed by atoms with Crippen LogP contribution in [0.25, 0.3) is 22.1 Å². The van der Waals surface area contributed by atoms with E-state index in [9.17, 15) is 13.2 Å². The minimum atomic E-state index is -4.19. The Hall–Kier alpha value is -4.71. The van der Waals surface area contributed by atoms with Gasteiger partial charge >= 0.3 is 0 Å². The number of ether oxygens (including phenoxy) is 3. The van der Waals surface area contributed by atoms with Gasteiger partial charge in [-0.3, -0.25) is 9.52 Å². The molecule has 1 aliphatic rings. The third-order valence-electron chi connectivity index (χ3n) is 6.95. The van der Waals surface area contributed by atoms with Crippen molar-refractivity contribution >= 4 is 38.4 Å². The number of hydrogen-bond donors (Lipinski definition) is 1. The van der Waals surface area contributed by atoms with Gasteiger partial charge in [0, 0.05) is 31.9 Å². The minimum Gasteiger partial charge on any atom is -0.496 e. The molecule has 0 saturated carbocycles. The van der Waals surface area contributed by atoms with E-state index in [1.54, 1.807) is 23.1 Å². The van der Waals surface area contributed by atoms with E-state index >= 15 is 0 Å². The van der Waals surface area contributed by atoms with Crippen molar-refractivity contribution in [1.29, 1.82) is 0 Å². The second-order valence-electron chi connectivity index (χ2n) is 9.25. The lowest BCUT2D eigenvalue weighted by molar-refractivity contribution is -0.126. The largest absolute Gasteiger partial charge is 0.496 e. The summed E-state index contributed by atoms with van der Waals surface area (Å²) in [6.45, 7) is 6.21. The Kier molecular flexibility index (Phi) is 7.75. The lowest BCUT2D eigenvalue weighted by Gasteiger charge is -2.35. The molecule has 5 rings (SSSR count). The maximum absolute atomic E-state index is 13.4. The quantitative estimate of drug-likeness (QED) is 0.292. The number of sulfonamides is 1.